The molecule has 1 aromatic rings. The summed E-state index contributed by atoms with van der Waals surface area (Å²) in [5.74, 6) is 0.602. The van der Waals surface area contributed by atoms with E-state index in [4.69, 9.17) is 0 Å². The Kier molecular flexibility index (Phi) is 5.23. The van der Waals surface area contributed by atoms with E-state index < -0.39 is 11.7 Å². The van der Waals surface area contributed by atoms with E-state index in [0.717, 1.165) is 12.3 Å². The summed E-state index contributed by atoms with van der Waals surface area (Å²) in [5, 5.41) is 2.93. The van der Waals surface area contributed by atoms with Gasteiger partial charge >= 0.3 is 6.18 Å². The molecule has 0 unspecified atom stereocenters. The second kappa shape index (κ2) is 6.95. The fourth-order valence-corrected chi connectivity index (χ4v) is 2.32. The van der Waals surface area contributed by atoms with Crippen molar-refractivity contribution in [3.8, 4) is 0 Å². The molecule has 0 bridgehead atoms. The summed E-state index contributed by atoms with van der Waals surface area (Å²) < 4.78 is 37.5. The third kappa shape index (κ3) is 4.09. The lowest BCUT2D eigenvalue weighted by Crippen LogP contribution is -2.49. The number of nitrogens with zero attached hydrogens (tertiary/aromatic N) is 3. The molecule has 0 spiro atoms. The zero-order chi connectivity index (χ0) is 16.2. The summed E-state index contributed by atoms with van der Waals surface area (Å²) in [5.41, 5.74) is -0.753. The van der Waals surface area contributed by atoms with Gasteiger partial charge < -0.3 is 15.1 Å². The van der Waals surface area contributed by atoms with Crippen molar-refractivity contribution in [3.05, 3.63) is 23.9 Å². The van der Waals surface area contributed by atoms with Crippen molar-refractivity contribution in [2.75, 3.05) is 44.7 Å². The third-order valence-electron chi connectivity index (χ3n) is 3.62. The van der Waals surface area contributed by atoms with Crippen LogP contribution in [-0.2, 0) is 11.0 Å². The zero-order valence-corrected chi connectivity index (χ0v) is 12.4. The van der Waals surface area contributed by atoms with Crippen molar-refractivity contribution < 1.29 is 18.0 Å². The fraction of sp³-hybridized carbons (Fsp3) is 0.571. The van der Waals surface area contributed by atoms with Gasteiger partial charge in [-0.2, -0.15) is 13.2 Å². The number of aromatic nitrogens is 1. The van der Waals surface area contributed by atoms with Gasteiger partial charge in [0.2, 0.25) is 5.91 Å². The number of hydrogen-bond donors (Lipinski definition) is 1. The van der Waals surface area contributed by atoms with Crippen molar-refractivity contribution in [1.29, 1.82) is 0 Å². The highest BCUT2D eigenvalue weighted by atomic mass is 19.4. The molecule has 5 nitrogen and oxygen atoms in total. The molecule has 0 saturated carbocycles. The molecule has 122 valence electrons. The smallest absolute Gasteiger partial charge is 0.353 e. The molecule has 1 aliphatic heterocycles. The first-order valence-electron chi connectivity index (χ1n) is 7.12. The highest BCUT2D eigenvalue weighted by Crippen LogP contribution is 2.29. The number of alkyl halides is 3. The van der Waals surface area contributed by atoms with Crippen molar-refractivity contribution in [2.45, 2.75) is 12.6 Å². The van der Waals surface area contributed by atoms with E-state index in [1.165, 1.54) is 6.07 Å². The van der Waals surface area contributed by atoms with Crippen LogP contribution in [0, 0.1) is 0 Å². The Morgan fingerprint density at radius 3 is 2.45 bits per heavy atom. The molecule has 2 heterocycles. The second-order valence-electron chi connectivity index (χ2n) is 5.12. The van der Waals surface area contributed by atoms with E-state index >= 15 is 0 Å². The second-order valence-corrected chi connectivity index (χ2v) is 5.12. The summed E-state index contributed by atoms with van der Waals surface area (Å²) in [6.07, 6.45) is -3.07. The van der Waals surface area contributed by atoms with Crippen LogP contribution in [0.3, 0.4) is 0 Å². The number of pyridine rings is 1. The van der Waals surface area contributed by atoms with Crippen LogP contribution in [0.2, 0.25) is 0 Å². The zero-order valence-electron chi connectivity index (χ0n) is 12.4. The van der Waals surface area contributed by atoms with E-state index in [2.05, 4.69) is 10.3 Å². The average Bonchev–Trinajstić information content (AvgIpc) is 2.52. The molecule has 2 rings (SSSR count). The maximum absolute atomic E-state index is 12.5. The maximum atomic E-state index is 12.5. The number of halogens is 3. The van der Waals surface area contributed by atoms with Gasteiger partial charge in [0.25, 0.3) is 0 Å². The molecule has 1 fully saturated rings. The summed E-state index contributed by atoms with van der Waals surface area (Å²) in [7, 11) is 1.79. The minimum Gasteiger partial charge on any atom is -0.353 e. The van der Waals surface area contributed by atoms with Crippen LogP contribution in [0.15, 0.2) is 18.3 Å². The van der Waals surface area contributed by atoms with Gasteiger partial charge in [-0.1, -0.05) is 0 Å². The highest BCUT2D eigenvalue weighted by molar-refractivity contribution is 5.76. The van der Waals surface area contributed by atoms with Gasteiger partial charge in [0.1, 0.15) is 5.82 Å². The van der Waals surface area contributed by atoms with Crippen molar-refractivity contribution >= 4 is 11.7 Å². The van der Waals surface area contributed by atoms with Crippen LogP contribution in [-0.4, -0.2) is 55.6 Å². The molecule has 0 atom stereocenters. The molecule has 1 saturated heterocycles. The Labute approximate surface area is 127 Å². The molecule has 1 aromatic heterocycles. The Balaban J connectivity index is 1.90. The van der Waals surface area contributed by atoms with Crippen LogP contribution in [0.5, 0.6) is 0 Å². The average molecular weight is 316 g/mol. The van der Waals surface area contributed by atoms with Gasteiger partial charge in [0.15, 0.2) is 0 Å². The monoisotopic (exact) mass is 316 g/mol. The molecule has 0 aromatic carbocycles. The lowest BCUT2D eigenvalue weighted by Gasteiger charge is -2.35. The summed E-state index contributed by atoms with van der Waals surface area (Å²) >= 11 is 0. The molecular formula is C14H19F3N4O. The van der Waals surface area contributed by atoms with Crippen LogP contribution in [0.1, 0.15) is 12.0 Å². The number of carbonyl (C=O) groups excluding carboxylic acids is 1. The van der Waals surface area contributed by atoms with Crippen LogP contribution >= 0.6 is 0 Å². The number of nitrogens with one attached hydrogen (secondary N) is 1. The van der Waals surface area contributed by atoms with Gasteiger partial charge in [-0.15, -0.1) is 0 Å². The lowest BCUT2D eigenvalue weighted by molar-refractivity contribution is -0.137. The van der Waals surface area contributed by atoms with Crippen molar-refractivity contribution in [1.82, 2.24) is 15.2 Å². The van der Waals surface area contributed by atoms with Crippen molar-refractivity contribution in [3.63, 3.8) is 0 Å². The minimum absolute atomic E-state index is 0.0920. The van der Waals surface area contributed by atoms with Gasteiger partial charge in [-0.25, -0.2) is 4.98 Å². The molecule has 8 heteroatoms. The summed E-state index contributed by atoms with van der Waals surface area (Å²) in [6.45, 7) is 2.91. The molecular weight excluding hydrogens is 297 g/mol. The normalized spacial score (nSPS) is 16.0. The third-order valence-corrected chi connectivity index (χ3v) is 3.62. The Bertz CT molecular complexity index is 496. The first-order chi connectivity index (χ1) is 10.4. The van der Waals surface area contributed by atoms with Gasteiger partial charge in [0, 0.05) is 45.3 Å². The van der Waals surface area contributed by atoms with Gasteiger partial charge in [-0.05, 0) is 19.2 Å². The van der Waals surface area contributed by atoms with E-state index in [9.17, 15) is 18.0 Å². The maximum Gasteiger partial charge on any atom is 0.417 e. The predicted octanol–water partition coefficient (Wildman–Crippen LogP) is 1.36. The first-order valence-corrected chi connectivity index (χ1v) is 7.12. The number of piperazine rings is 1. The number of rotatable bonds is 4. The highest BCUT2D eigenvalue weighted by Gasteiger charge is 2.31. The van der Waals surface area contributed by atoms with Gasteiger partial charge in [0.05, 0.1) is 5.56 Å². The Morgan fingerprint density at radius 1 is 1.27 bits per heavy atom. The predicted molar refractivity (Wildman–Crippen MR) is 76.6 cm³/mol. The molecule has 1 N–H and O–H groups in total. The number of carbonyl (C=O) groups is 1. The van der Waals surface area contributed by atoms with Crippen LogP contribution in [0.4, 0.5) is 19.0 Å². The standard InChI is InChI=1S/C14H19F3N4O/c1-18-5-4-13(22)21-8-6-20(7-9-21)12-3-2-11(10-19-12)14(15,16)17/h2-3,10,18H,4-9H2,1H3. The first kappa shape index (κ1) is 16.5. The molecule has 0 aliphatic carbocycles. The SMILES string of the molecule is CNCCC(=O)N1CCN(c2ccc(C(F)(F)F)cn2)CC1. The van der Waals surface area contributed by atoms with E-state index in [1.54, 1.807) is 11.9 Å². The quantitative estimate of drug-likeness (QED) is 0.911. The van der Waals surface area contributed by atoms with E-state index in [0.29, 0.717) is 45.0 Å². The molecule has 22 heavy (non-hydrogen) atoms. The van der Waals surface area contributed by atoms with E-state index in [-0.39, 0.29) is 5.91 Å². The molecule has 0 radical (unpaired) electrons. The van der Waals surface area contributed by atoms with Crippen LogP contribution < -0.4 is 10.2 Å². The topological polar surface area (TPSA) is 48.5 Å². The summed E-state index contributed by atoms with van der Waals surface area (Å²) in [6, 6.07) is 2.41. The summed E-state index contributed by atoms with van der Waals surface area (Å²) in [4.78, 5) is 19.4. The van der Waals surface area contributed by atoms with Crippen molar-refractivity contribution in [2.24, 2.45) is 0 Å². The lowest BCUT2D eigenvalue weighted by atomic mass is 10.2. The largest absolute Gasteiger partial charge is 0.417 e. The molecule has 1 aliphatic rings. The van der Waals surface area contributed by atoms with Gasteiger partial charge in [-0.3, -0.25) is 4.79 Å². The fourth-order valence-electron chi connectivity index (χ4n) is 2.32. The number of anilines is 1. The number of hydrogen-bond acceptors (Lipinski definition) is 4. The Morgan fingerprint density at radius 2 is 1.95 bits per heavy atom. The van der Waals surface area contributed by atoms with E-state index in [1.807, 2.05) is 4.90 Å². The Hall–Kier alpha value is -1.83. The van der Waals surface area contributed by atoms with Crippen LogP contribution in [0.25, 0.3) is 0 Å². The molecule has 1 amide bonds. The minimum atomic E-state index is -4.37. The number of amides is 1.